The SMILES string of the molecule is O=C(O)C1Cc2ccccc2CN1C1CCCS(=O)(=O)C1. The number of rotatable bonds is 2. The molecule has 0 bridgehead atoms. The lowest BCUT2D eigenvalue weighted by Crippen LogP contribution is -2.53. The summed E-state index contributed by atoms with van der Waals surface area (Å²) in [7, 11) is -3.04. The first-order chi connectivity index (χ1) is 9.96. The number of carbonyl (C=O) groups is 1. The van der Waals surface area contributed by atoms with Crippen LogP contribution in [0.4, 0.5) is 0 Å². The minimum Gasteiger partial charge on any atom is -0.480 e. The van der Waals surface area contributed by atoms with Gasteiger partial charge in [-0.3, -0.25) is 9.69 Å². The first kappa shape index (κ1) is 14.5. The molecule has 0 spiro atoms. The number of carboxylic acid groups (broad SMARTS) is 1. The van der Waals surface area contributed by atoms with E-state index in [2.05, 4.69) is 0 Å². The van der Waals surface area contributed by atoms with Crippen molar-refractivity contribution in [3.8, 4) is 0 Å². The molecule has 1 N–H and O–H groups in total. The van der Waals surface area contributed by atoms with E-state index in [1.807, 2.05) is 29.2 Å². The van der Waals surface area contributed by atoms with E-state index < -0.39 is 21.8 Å². The number of nitrogens with zero attached hydrogens (tertiary/aromatic N) is 1. The zero-order valence-electron chi connectivity index (χ0n) is 11.7. The summed E-state index contributed by atoms with van der Waals surface area (Å²) in [5.74, 6) is -0.558. The number of benzene rings is 1. The molecule has 3 rings (SSSR count). The van der Waals surface area contributed by atoms with Crippen LogP contribution < -0.4 is 0 Å². The summed E-state index contributed by atoms with van der Waals surface area (Å²) in [4.78, 5) is 13.5. The molecule has 114 valence electrons. The number of hydrogen-bond donors (Lipinski definition) is 1. The average molecular weight is 309 g/mol. The summed E-state index contributed by atoms with van der Waals surface area (Å²) in [6, 6.07) is 7.00. The van der Waals surface area contributed by atoms with Gasteiger partial charge < -0.3 is 5.11 Å². The summed E-state index contributed by atoms with van der Waals surface area (Å²) in [5.41, 5.74) is 2.16. The maximum atomic E-state index is 11.9. The second kappa shape index (κ2) is 5.42. The minimum absolute atomic E-state index is 0.0823. The fraction of sp³-hybridized carbons (Fsp3) is 0.533. The van der Waals surface area contributed by atoms with Crippen LogP contribution in [0.1, 0.15) is 24.0 Å². The highest BCUT2D eigenvalue weighted by molar-refractivity contribution is 7.91. The first-order valence-electron chi connectivity index (χ1n) is 7.22. The summed E-state index contributed by atoms with van der Waals surface area (Å²) < 4.78 is 23.7. The van der Waals surface area contributed by atoms with Crippen LogP contribution in [0.25, 0.3) is 0 Å². The van der Waals surface area contributed by atoms with Crippen molar-refractivity contribution in [3.05, 3.63) is 35.4 Å². The highest BCUT2D eigenvalue weighted by atomic mass is 32.2. The van der Waals surface area contributed by atoms with E-state index >= 15 is 0 Å². The van der Waals surface area contributed by atoms with E-state index in [0.29, 0.717) is 19.4 Å². The van der Waals surface area contributed by atoms with E-state index in [1.54, 1.807) is 0 Å². The van der Waals surface area contributed by atoms with Crippen molar-refractivity contribution < 1.29 is 18.3 Å². The largest absolute Gasteiger partial charge is 0.480 e. The highest BCUT2D eigenvalue weighted by Gasteiger charge is 2.38. The maximum absolute atomic E-state index is 11.9. The molecule has 1 fully saturated rings. The summed E-state index contributed by atoms with van der Waals surface area (Å²) in [5, 5.41) is 9.50. The second-order valence-corrected chi connectivity index (χ2v) is 8.14. The molecule has 0 aliphatic carbocycles. The Hall–Kier alpha value is -1.40. The number of fused-ring (bicyclic) bond motifs is 1. The number of hydrogen-bond acceptors (Lipinski definition) is 4. The molecule has 0 saturated carbocycles. The predicted octanol–water partition coefficient (Wildman–Crippen LogP) is 1.08. The smallest absolute Gasteiger partial charge is 0.321 e. The van der Waals surface area contributed by atoms with Gasteiger partial charge in [-0.25, -0.2) is 8.42 Å². The van der Waals surface area contributed by atoms with Crippen LogP contribution in [-0.4, -0.2) is 48.0 Å². The lowest BCUT2D eigenvalue weighted by atomic mass is 9.92. The van der Waals surface area contributed by atoms with Gasteiger partial charge in [-0.2, -0.15) is 0 Å². The quantitative estimate of drug-likeness (QED) is 0.884. The Labute approximate surface area is 124 Å². The van der Waals surface area contributed by atoms with Crippen molar-refractivity contribution in [1.82, 2.24) is 4.90 Å². The maximum Gasteiger partial charge on any atom is 0.321 e. The van der Waals surface area contributed by atoms with Gasteiger partial charge in [0.15, 0.2) is 9.84 Å². The molecule has 0 radical (unpaired) electrons. The van der Waals surface area contributed by atoms with E-state index in [9.17, 15) is 18.3 Å². The molecule has 6 heteroatoms. The van der Waals surface area contributed by atoms with Crippen molar-refractivity contribution in [2.75, 3.05) is 11.5 Å². The molecule has 0 amide bonds. The number of aliphatic carboxylic acids is 1. The Balaban J connectivity index is 1.90. The average Bonchev–Trinajstić information content (AvgIpc) is 2.44. The van der Waals surface area contributed by atoms with Gasteiger partial charge in [0.2, 0.25) is 0 Å². The summed E-state index contributed by atoms with van der Waals surface area (Å²) in [6.07, 6.45) is 1.82. The molecule has 1 saturated heterocycles. The normalized spacial score (nSPS) is 28.8. The third-order valence-corrected chi connectivity index (χ3v) is 6.28. The van der Waals surface area contributed by atoms with Crippen LogP contribution in [0.5, 0.6) is 0 Å². The Morgan fingerprint density at radius 3 is 2.62 bits per heavy atom. The molecule has 2 aliphatic rings. The topological polar surface area (TPSA) is 74.7 Å². The van der Waals surface area contributed by atoms with Crippen molar-refractivity contribution in [2.24, 2.45) is 0 Å². The second-order valence-electron chi connectivity index (χ2n) is 5.91. The molecule has 2 aliphatic heterocycles. The van der Waals surface area contributed by atoms with Crippen molar-refractivity contribution in [3.63, 3.8) is 0 Å². The van der Waals surface area contributed by atoms with Crippen LogP contribution in [0.2, 0.25) is 0 Å². The van der Waals surface area contributed by atoms with E-state index in [1.165, 1.54) is 0 Å². The fourth-order valence-electron chi connectivity index (χ4n) is 3.42. The first-order valence-corrected chi connectivity index (χ1v) is 9.04. The van der Waals surface area contributed by atoms with Gasteiger partial charge in [0.05, 0.1) is 11.5 Å². The molecule has 2 heterocycles. The fourth-order valence-corrected chi connectivity index (χ4v) is 5.13. The molecule has 5 nitrogen and oxygen atoms in total. The monoisotopic (exact) mass is 309 g/mol. The van der Waals surface area contributed by atoms with Gasteiger partial charge >= 0.3 is 5.97 Å². The van der Waals surface area contributed by atoms with Gasteiger partial charge in [-0.1, -0.05) is 24.3 Å². The Kier molecular flexibility index (Phi) is 3.75. The van der Waals surface area contributed by atoms with Crippen LogP contribution >= 0.6 is 0 Å². The van der Waals surface area contributed by atoms with E-state index in [4.69, 9.17) is 0 Å². The van der Waals surface area contributed by atoms with Crippen molar-refractivity contribution in [2.45, 2.75) is 37.9 Å². The predicted molar refractivity (Wildman–Crippen MR) is 78.8 cm³/mol. The molecule has 1 aromatic carbocycles. The van der Waals surface area contributed by atoms with Crippen molar-refractivity contribution in [1.29, 1.82) is 0 Å². The lowest BCUT2D eigenvalue weighted by molar-refractivity contribution is -0.145. The van der Waals surface area contributed by atoms with Crippen molar-refractivity contribution >= 4 is 15.8 Å². The minimum atomic E-state index is -3.04. The zero-order chi connectivity index (χ0) is 15.0. The van der Waals surface area contributed by atoms with Gasteiger partial charge in [-0.15, -0.1) is 0 Å². The van der Waals surface area contributed by atoms with Gasteiger partial charge in [0, 0.05) is 12.6 Å². The molecule has 2 atom stereocenters. The molecule has 0 aromatic heterocycles. The zero-order valence-corrected chi connectivity index (χ0v) is 12.6. The van der Waals surface area contributed by atoms with Gasteiger partial charge in [0.1, 0.15) is 6.04 Å². The van der Waals surface area contributed by atoms with Crippen LogP contribution in [0.15, 0.2) is 24.3 Å². The molecule has 1 aromatic rings. The molecule has 2 unspecified atom stereocenters. The van der Waals surface area contributed by atoms with E-state index in [-0.39, 0.29) is 17.5 Å². The summed E-state index contributed by atoms with van der Waals surface area (Å²) >= 11 is 0. The summed E-state index contributed by atoms with van der Waals surface area (Å²) in [6.45, 7) is 0.521. The number of sulfone groups is 1. The molecular weight excluding hydrogens is 290 g/mol. The molecular formula is C15H19NO4S. The van der Waals surface area contributed by atoms with Crippen LogP contribution in [-0.2, 0) is 27.6 Å². The van der Waals surface area contributed by atoms with Gasteiger partial charge in [-0.05, 0) is 30.4 Å². The van der Waals surface area contributed by atoms with E-state index in [0.717, 1.165) is 17.5 Å². The Morgan fingerprint density at radius 2 is 1.95 bits per heavy atom. The van der Waals surface area contributed by atoms with Crippen LogP contribution in [0, 0.1) is 0 Å². The lowest BCUT2D eigenvalue weighted by Gasteiger charge is -2.41. The Morgan fingerprint density at radius 1 is 1.24 bits per heavy atom. The standard InChI is InChI=1S/C15H19NO4S/c17-15(18)14-8-11-4-1-2-5-12(11)9-16(14)13-6-3-7-21(19,20)10-13/h1-2,4-5,13-14H,3,6-10H2,(H,17,18). The third-order valence-electron chi connectivity index (χ3n) is 4.48. The van der Waals surface area contributed by atoms with Gasteiger partial charge in [0.25, 0.3) is 0 Å². The molecule has 21 heavy (non-hydrogen) atoms. The Bertz CT molecular complexity index is 655. The third kappa shape index (κ3) is 2.96. The van der Waals surface area contributed by atoms with Crippen LogP contribution in [0.3, 0.4) is 0 Å². The number of carboxylic acids is 1. The highest BCUT2D eigenvalue weighted by Crippen LogP contribution is 2.29.